The number of amides is 1. The summed E-state index contributed by atoms with van der Waals surface area (Å²) in [6.07, 6.45) is 2.50. The van der Waals surface area contributed by atoms with Gasteiger partial charge >= 0.3 is 0 Å². The molecule has 0 unspecified atom stereocenters. The smallest absolute Gasteiger partial charge is 0.256 e. The highest BCUT2D eigenvalue weighted by atomic mass is 127. The van der Waals surface area contributed by atoms with Gasteiger partial charge in [-0.1, -0.05) is 0 Å². The lowest BCUT2D eigenvalue weighted by atomic mass is 10.0. The van der Waals surface area contributed by atoms with Gasteiger partial charge in [0.15, 0.2) is 11.6 Å². The summed E-state index contributed by atoms with van der Waals surface area (Å²) < 4.78 is 43.1. The zero-order valence-electron chi connectivity index (χ0n) is 14.9. The van der Waals surface area contributed by atoms with Crippen LogP contribution in [0, 0.1) is 26.9 Å². The van der Waals surface area contributed by atoms with Crippen molar-refractivity contribution in [2.24, 2.45) is 5.92 Å². The molecule has 1 amide bonds. The summed E-state index contributed by atoms with van der Waals surface area (Å²) in [5, 5.41) is 5.98. The van der Waals surface area contributed by atoms with E-state index in [-0.39, 0.29) is 23.0 Å². The fraction of sp³-hybridized carbons (Fsp3) is 0.350. The van der Waals surface area contributed by atoms with Crippen molar-refractivity contribution in [1.82, 2.24) is 10.2 Å². The van der Waals surface area contributed by atoms with Gasteiger partial charge < -0.3 is 15.5 Å². The summed E-state index contributed by atoms with van der Waals surface area (Å²) in [6, 6.07) is 6.71. The number of anilines is 2. The van der Waals surface area contributed by atoms with Crippen molar-refractivity contribution in [3.8, 4) is 0 Å². The van der Waals surface area contributed by atoms with E-state index >= 15 is 0 Å². The summed E-state index contributed by atoms with van der Waals surface area (Å²) in [4.78, 5) is 14.4. The second-order valence-corrected chi connectivity index (χ2v) is 8.54. The molecule has 0 atom stereocenters. The maximum Gasteiger partial charge on any atom is 0.256 e. The number of nitrogens with one attached hydrogen (secondary N) is 2. The molecule has 4 rings (SSSR count). The van der Waals surface area contributed by atoms with Crippen LogP contribution in [0.15, 0.2) is 30.3 Å². The highest BCUT2D eigenvalue weighted by Crippen LogP contribution is 2.31. The lowest BCUT2D eigenvalue weighted by Gasteiger charge is -2.40. The fourth-order valence-electron chi connectivity index (χ4n) is 3.18. The molecule has 8 heteroatoms. The Balaban J connectivity index is 1.52. The van der Waals surface area contributed by atoms with E-state index in [1.54, 1.807) is 11.0 Å². The van der Waals surface area contributed by atoms with E-state index in [9.17, 15) is 18.0 Å². The van der Waals surface area contributed by atoms with Crippen molar-refractivity contribution in [2.75, 3.05) is 25.0 Å². The van der Waals surface area contributed by atoms with Crippen molar-refractivity contribution < 1.29 is 18.0 Å². The maximum absolute atomic E-state index is 14.5. The third kappa shape index (κ3) is 4.12. The topological polar surface area (TPSA) is 44.4 Å². The molecule has 2 aromatic carbocycles. The third-order valence-electron chi connectivity index (χ3n) is 5.08. The Morgan fingerprint density at radius 1 is 1.11 bits per heavy atom. The highest BCUT2D eigenvalue weighted by Gasteiger charge is 2.34. The first-order chi connectivity index (χ1) is 13.4. The van der Waals surface area contributed by atoms with Crippen LogP contribution in [0.25, 0.3) is 0 Å². The monoisotopic (exact) mass is 501 g/mol. The molecule has 1 aliphatic heterocycles. The van der Waals surface area contributed by atoms with Gasteiger partial charge in [-0.05, 0) is 78.2 Å². The van der Waals surface area contributed by atoms with Crippen molar-refractivity contribution in [2.45, 2.75) is 18.9 Å². The number of halogens is 4. The van der Waals surface area contributed by atoms with Gasteiger partial charge in [-0.2, -0.15) is 0 Å². The van der Waals surface area contributed by atoms with E-state index in [0.29, 0.717) is 16.7 Å². The molecule has 28 heavy (non-hydrogen) atoms. The molecule has 4 nitrogen and oxygen atoms in total. The summed E-state index contributed by atoms with van der Waals surface area (Å²) in [7, 11) is 0. The van der Waals surface area contributed by atoms with Gasteiger partial charge in [0.1, 0.15) is 5.82 Å². The number of carbonyl (C=O) groups excluding carboxylic acids is 1. The minimum atomic E-state index is -1.20. The molecule has 0 radical (unpaired) electrons. The van der Waals surface area contributed by atoms with Crippen LogP contribution in [-0.4, -0.2) is 36.5 Å². The van der Waals surface area contributed by atoms with Crippen LogP contribution >= 0.6 is 22.6 Å². The number of hydrogen-bond donors (Lipinski definition) is 2. The lowest BCUT2D eigenvalue weighted by molar-refractivity contribution is 0.0567. The predicted molar refractivity (Wildman–Crippen MR) is 109 cm³/mol. The van der Waals surface area contributed by atoms with Crippen LogP contribution in [0.5, 0.6) is 0 Å². The van der Waals surface area contributed by atoms with Crippen LogP contribution in [-0.2, 0) is 0 Å². The molecule has 1 aliphatic carbocycles. The zero-order chi connectivity index (χ0) is 19.8. The Hall–Kier alpha value is -1.81. The SMILES string of the molecule is O=C(c1ccc(F)c(F)c1Nc1ccc(I)cc1F)N1CC(NCC2CC2)C1. The molecule has 148 valence electrons. The Bertz CT molecular complexity index is 914. The van der Waals surface area contributed by atoms with Gasteiger partial charge in [0.2, 0.25) is 0 Å². The molecule has 1 heterocycles. The van der Waals surface area contributed by atoms with E-state index in [0.717, 1.165) is 18.5 Å². The Labute approximate surface area is 174 Å². The first-order valence-electron chi connectivity index (χ1n) is 9.15. The fourth-order valence-corrected chi connectivity index (χ4v) is 3.63. The van der Waals surface area contributed by atoms with Gasteiger partial charge in [-0.15, -0.1) is 0 Å². The number of rotatable bonds is 6. The van der Waals surface area contributed by atoms with Crippen LogP contribution in [0.2, 0.25) is 0 Å². The summed E-state index contributed by atoms with van der Waals surface area (Å²) in [6.45, 7) is 1.99. The second kappa shape index (κ2) is 7.90. The molecule has 2 aromatic rings. The van der Waals surface area contributed by atoms with Crippen molar-refractivity contribution in [1.29, 1.82) is 0 Å². The summed E-state index contributed by atoms with van der Waals surface area (Å²) in [5.41, 5.74) is -0.386. The standard InChI is InChI=1S/C20H19F3IN3O/c21-15-5-4-14(20(28)27-9-13(10-27)25-8-11-1-2-11)19(18(15)23)26-17-6-3-12(24)7-16(17)22/h3-7,11,13,25-26H,1-2,8-10H2. The van der Waals surface area contributed by atoms with Gasteiger partial charge in [0.25, 0.3) is 5.91 Å². The van der Waals surface area contributed by atoms with Crippen LogP contribution < -0.4 is 10.6 Å². The van der Waals surface area contributed by atoms with Crippen molar-refractivity contribution in [3.05, 3.63) is 56.9 Å². The van der Waals surface area contributed by atoms with Gasteiger partial charge in [0.05, 0.1) is 16.9 Å². The van der Waals surface area contributed by atoms with Crippen molar-refractivity contribution in [3.63, 3.8) is 0 Å². The Morgan fingerprint density at radius 2 is 1.86 bits per heavy atom. The van der Waals surface area contributed by atoms with Crippen LogP contribution in [0.1, 0.15) is 23.2 Å². The normalized spacial score (nSPS) is 16.8. The first kappa shape index (κ1) is 19.5. The van der Waals surface area contributed by atoms with E-state index in [1.807, 2.05) is 22.6 Å². The minimum absolute atomic E-state index is 0.0162. The van der Waals surface area contributed by atoms with Gasteiger partial charge in [-0.3, -0.25) is 4.79 Å². The minimum Gasteiger partial charge on any atom is -0.350 e. The molecule has 1 saturated heterocycles. The number of nitrogens with zero attached hydrogens (tertiary/aromatic N) is 1. The molecule has 2 fully saturated rings. The lowest BCUT2D eigenvalue weighted by Crippen LogP contribution is -2.60. The highest BCUT2D eigenvalue weighted by molar-refractivity contribution is 14.1. The number of likely N-dealkylation sites (tertiary alicyclic amines) is 1. The molecule has 1 saturated carbocycles. The summed E-state index contributed by atoms with van der Waals surface area (Å²) in [5.74, 6) is -2.57. The summed E-state index contributed by atoms with van der Waals surface area (Å²) >= 11 is 1.95. The van der Waals surface area contributed by atoms with Crippen molar-refractivity contribution >= 4 is 39.9 Å². The van der Waals surface area contributed by atoms with E-state index in [1.165, 1.54) is 31.0 Å². The number of hydrogen-bond acceptors (Lipinski definition) is 3. The Kier molecular flexibility index (Phi) is 5.50. The predicted octanol–water partition coefficient (Wildman–Crippen LogP) is 4.28. The maximum atomic E-state index is 14.5. The number of benzene rings is 2. The number of carbonyl (C=O) groups is 1. The molecule has 0 aromatic heterocycles. The largest absolute Gasteiger partial charge is 0.350 e. The van der Waals surface area contributed by atoms with E-state index in [2.05, 4.69) is 10.6 Å². The average molecular weight is 501 g/mol. The van der Waals surface area contributed by atoms with Crippen LogP contribution in [0.3, 0.4) is 0 Å². The first-order valence-corrected chi connectivity index (χ1v) is 10.2. The molecule has 0 spiro atoms. The van der Waals surface area contributed by atoms with E-state index in [4.69, 9.17) is 0 Å². The Morgan fingerprint density at radius 3 is 2.54 bits per heavy atom. The molecule has 0 bridgehead atoms. The van der Waals surface area contributed by atoms with Crippen LogP contribution in [0.4, 0.5) is 24.5 Å². The molecule has 2 N–H and O–H groups in total. The molecular formula is C20H19F3IN3O. The van der Waals surface area contributed by atoms with Gasteiger partial charge in [-0.25, -0.2) is 13.2 Å². The third-order valence-corrected chi connectivity index (χ3v) is 5.75. The van der Waals surface area contributed by atoms with Gasteiger partial charge in [0, 0.05) is 22.7 Å². The van der Waals surface area contributed by atoms with E-state index < -0.39 is 23.4 Å². The second-order valence-electron chi connectivity index (χ2n) is 7.29. The quantitative estimate of drug-likeness (QED) is 0.582. The molecule has 2 aliphatic rings. The average Bonchev–Trinajstić information content (AvgIpc) is 3.44. The zero-order valence-corrected chi connectivity index (χ0v) is 17.1. The molecular weight excluding hydrogens is 482 g/mol.